The van der Waals surface area contributed by atoms with E-state index in [1.807, 2.05) is 31.3 Å². The number of hydrogen-bond donors (Lipinski definition) is 1. The molecule has 5 rings (SSSR count). The van der Waals surface area contributed by atoms with Crippen LogP contribution in [0.15, 0.2) is 48.8 Å². The molecule has 4 aromatic rings. The van der Waals surface area contributed by atoms with Gasteiger partial charge in [0.15, 0.2) is 0 Å². The Morgan fingerprint density at radius 2 is 1.88 bits per heavy atom. The summed E-state index contributed by atoms with van der Waals surface area (Å²) in [6, 6.07) is 11.2. The molecule has 33 heavy (non-hydrogen) atoms. The molecule has 168 valence electrons. The number of carbonyl (C=O) groups is 1. The van der Waals surface area contributed by atoms with Crippen molar-refractivity contribution in [3.05, 3.63) is 65.7 Å². The van der Waals surface area contributed by atoms with Crippen molar-refractivity contribution in [3.8, 4) is 17.1 Å². The third kappa shape index (κ3) is 4.07. The second kappa shape index (κ2) is 7.70. The molecule has 0 saturated carbocycles. The van der Waals surface area contributed by atoms with Crippen LogP contribution in [0.25, 0.3) is 28.0 Å². The summed E-state index contributed by atoms with van der Waals surface area (Å²) in [7, 11) is 2.04. The van der Waals surface area contributed by atoms with Gasteiger partial charge in [0.05, 0.1) is 11.2 Å². The third-order valence-corrected chi connectivity index (χ3v) is 5.61. The van der Waals surface area contributed by atoms with Gasteiger partial charge in [-0.25, -0.2) is 15.0 Å². The summed E-state index contributed by atoms with van der Waals surface area (Å²) in [5.41, 5.74) is 4.25. The molecule has 1 aliphatic rings. The van der Waals surface area contributed by atoms with E-state index in [-0.39, 0.29) is 5.91 Å². The summed E-state index contributed by atoms with van der Waals surface area (Å²) in [6.45, 7) is 3.85. The lowest BCUT2D eigenvalue weighted by atomic mass is 10.0. The minimum atomic E-state index is -3.21. The minimum Gasteiger partial charge on any atom is -0.311 e. The topological polar surface area (TPSA) is 75.9 Å². The Kier molecular flexibility index (Phi) is 4.93. The number of rotatable bonds is 4. The summed E-state index contributed by atoms with van der Waals surface area (Å²) < 4.78 is 30.4. The van der Waals surface area contributed by atoms with E-state index in [4.69, 9.17) is 0 Å². The van der Waals surface area contributed by atoms with Crippen LogP contribution in [0, 0.1) is 0 Å². The van der Waals surface area contributed by atoms with Crippen molar-refractivity contribution in [1.29, 1.82) is 0 Å². The fraction of sp³-hybridized carbons (Fsp3) is 0.250. The molecule has 1 N–H and O–H groups in total. The summed E-state index contributed by atoms with van der Waals surface area (Å²) in [4.78, 5) is 26.2. The van der Waals surface area contributed by atoms with Crippen molar-refractivity contribution in [2.45, 2.75) is 32.9 Å². The van der Waals surface area contributed by atoms with E-state index in [2.05, 4.69) is 25.2 Å². The number of fused-ring (bicyclic) bond motifs is 2. The van der Waals surface area contributed by atoms with Crippen LogP contribution in [-0.2, 0) is 23.8 Å². The number of alkyl halides is 2. The van der Waals surface area contributed by atoms with Crippen LogP contribution >= 0.6 is 0 Å². The number of pyridine rings is 1. The first kappa shape index (κ1) is 21.1. The first-order chi connectivity index (χ1) is 15.7. The highest BCUT2D eigenvalue weighted by atomic mass is 19.3. The smallest absolute Gasteiger partial charge is 0.303 e. The zero-order valence-electron chi connectivity index (χ0n) is 18.4. The van der Waals surface area contributed by atoms with Gasteiger partial charge >= 0.3 is 5.92 Å². The minimum absolute atomic E-state index is 0.251. The first-order valence-corrected chi connectivity index (χ1v) is 10.5. The molecule has 0 saturated heterocycles. The molecule has 0 spiro atoms. The molecule has 0 fully saturated rings. The Hall–Kier alpha value is -3.72. The van der Waals surface area contributed by atoms with Crippen molar-refractivity contribution in [3.63, 3.8) is 0 Å². The van der Waals surface area contributed by atoms with E-state index in [1.54, 1.807) is 29.1 Å². The van der Waals surface area contributed by atoms with Crippen LogP contribution in [-0.4, -0.2) is 37.4 Å². The molecule has 0 radical (unpaired) electrons. The molecule has 0 aliphatic carbocycles. The molecule has 1 amide bonds. The molecular weight excluding hydrogens is 426 g/mol. The highest BCUT2D eigenvalue weighted by Gasteiger charge is 2.30. The van der Waals surface area contributed by atoms with Gasteiger partial charge in [-0.3, -0.25) is 9.69 Å². The second-order valence-corrected chi connectivity index (χ2v) is 8.47. The summed E-state index contributed by atoms with van der Waals surface area (Å²) in [5, 5.41) is 3.43. The number of nitrogens with zero attached hydrogens (tertiary/aromatic N) is 5. The number of nitrogens with one attached hydrogen (secondary N) is 1. The molecular formula is C24H22F2N6O. The molecule has 1 aliphatic heterocycles. The molecule has 0 unspecified atom stereocenters. The largest absolute Gasteiger partial charge is 0.311 e. The molecule has 1 aromatic carbocycles. The van der Waals surface area contributed by atoms with Crippen LogP contribution in [0.5, 0.6) is 0 Å². The zero-order chi connectivity index (χ0) is 23.3. The third-order valence-electron chi connectivity index (χ3n) is 5.61. The molecule has 4 heterocycles. The zero-order valence-corrected chi connectivity index (χ0v) is 18.4. The van der Waals surface area contributed by atoms with Crippen LogP contribution < -0.4 is 5.32 Å². The average molecular weight is 448 g/mol. The van der Waals surface area contributed by atoms with Crippen molar-refractivity contribution >= 4 is 22.6 Å². The van der Waals surface area contributed by atoms with Gasteiger partial charge in [-0.15, -0.1) is 0 Å². The number of aromatic nitrogens is 4. The normalized spacial score (nSPS) is 14.0. The highest BCUT2D eigenvalue weighted by molar-refractivity contribution is 5.91. The van der Waals surface area contributed by atoms with E-state index in [0.717, 1.165) is 36.5 Å². The predicted molar refractivity (Wildman–Crippen MR) is 121 cm³/mol. The van der Waals surface area contributed by atoms with Crippen molar-refractivity contribution in [2.24, 2.45) is 0 Å². The summed E-state index contributed by atoms with van der Waals surface area (Å²) >= 11 is 0. The predicted octanol–water partition coefficient (Wildman–Crippen LogP) is 4.50. The SMILES string of the molecule is CC(=O)Nc1cc2c(ccn2-c2cc(-c3ccc4c(c3)CN(C)C4)nc(C(C)(F)F)n2)cn1. The molecule has 0 atom stereocenters. The van der Waals surface area contributed by atoms with E-state index < -0.39 is 11.7 Å². The fourth-order valence-corrected chi connectivity index (χ4v) is 4.10. The Balaban J connectivity index is 1.66. The first-order valence-electron chi connectivity index (χ1n) is 10.5. The number of anilines is 1. The number of amides is 1. The van der Waals surface area contributed by atoms with Gasteiger partial charge in [-0.1, -0.05) is 12.1 Å². The van der Waals surface area contributed by atoms with Crippen molar-refractivity contribution in [2.75, 3.05) is 12.4 Å². The lowest BCUT2D eigenvalue weighted by Crippen LogP contribution is -2.15. The second-order valence-electron chi connectivity index (χ2n) is 8.47. The van der Waals surface area contributed by atoms with Crippen LogP contribution in [0.3, 0.4) is 0 Å². The van der Waals surface area contributed by atoms with Crippen LogP contribution in [0.4, 0.5) is 14.6 Å². The van der Waals surface area contributed by atoms with Gasteiger partial charge < -0.3 is 9.88 Å². The molecule has 3 aromatic heterocycles. The number of hydrogen-bond acceptors (Lipinski definition) is 5. The Labute approximate surface area is 189 Å². The van der Waals surface area contributed by atoms with Gasteiger partial charge in [0.1, 0.15) is 11.6 Å². The molecule has 0 bridgehead atoms. The van der Waals surface area contributed by atoms with Gasteiger partial charge in [0, 0.05) is 62.4 Å². The Bertz CT molecular complexity index is 1390. The number of benzene rings is 1. The van der Waals surface area contributed by atoms with Gasteiger partial charge in [-0.2, -0.15) is 8.78 Å². The maximum atomic E-state index is 14.4. The quantitative estimate of drug-likeness (QED) is 0.498. The van der Waals surface area contributed by atoms with Gasteiger partial charge in [0.2, 0.25) is 11.7 Å². The van der Waals surface area contributed by atoms with Gasteiger partial charge in [-0.05, 0) is 30.3 Å². The van der Waals surface area contributed by atoms with E-state index in [0.29, 0.717) is 22.8 Å². The van der Waals surface area contributed by atoms with E-state index in [1.165, 1.54) is 12.5 Å². The van der Waals surface area contributed by atoms with Gasteiger partial charge in [0.25, 0.3) is 0 Å². The maximum Gasteiger partial charge on any atom is 0.303 e. The highest BCUT2D eigenvalue weighted by Crippen LogP contribution is 2.32. The van der Waals surface area contributed by atoms with Crippen molar-refractivity contribution in [1.82, 2.24) is 24.4 Å². The molecule has 7 nitrogen and oxygen atoms in total. The Morgan fingerprint density at radius 1 is 1.09 bits per heavy atom. The van der Waals surface area contributed by atoms with E-state index >= 15 is 0 Å². The van der Waals surface area contributed by atoms with E-state index in [9.17, 15) is 13.6 Å². The Morgan fingerprint density at radius 3 is 2.64 bits per heavy atom. The number of halogens is 2. The number of carbonyl (C=O) groups excluding carboxylic acids is 1. The maximum absolute atomic E-state index is 14.4. The fourth-order valence-electron chi connectivity index (χ4n) is 4.10. The lowest BCUT2D eigenvalue weighted by molar-refractivity contribution is -0.114. The average Bonchev–Trinajstić information content (AvgIpc) is 3.33. The summed E-state index contributed by atoms with van der Waals surface area (Å²) in [5.74, 6) is -3.34. The summed E-state index contributed by atoms with van der Waals surface area (Å²) in [6.07, 6.45) is 3.36. The van der Waals surface area contributed by atoms with Crippen LogP contribution in [0.2, 0.25) is 0 Å². The monoisotopic (exact) mass is 448 g/mol. The van der Waals surface area contributed by atoms with Crippen molar-refractivity contribution < 1.29 is 13.6 Å². The standard InChI is InChI=1S/C24H22F2N6O/c1-14(33)28-21-10-20-16(11-27-21)6-7-32(20)22-9-19(29-23(30-22)24(2,25)26)15-4-5-17-12-31(3)13-18(17)8-15/h4-11H,12-13H2,1-3H3,(H,27,28,33). The van der Waals surface area contributed by atoms with Crippen LogP contribution in [0.1, 0.15) is 30.8 Å². The molecule has 9 heteroatoms. The lowest BCUT2D eigenvalue weighted by Gasteiger charge is -2.14.